The molecule has 0 bridgehead atoms. The zero-order valence-corrected chi connectivity index (χ0v) is 11.9. The van der Waals surface area contributed by atoms with E-state index < -0.39 is 5.54 Å². The molecule has 0 spiro atoms. The lowest BCUT2D eigenvalue weighted by atomic mass is 9.95. The Morgan fingerprint density at radius 1 is 1.35 bits per heavy atom. The molecule has 1 atom stereocenters. The third-order valence-electron chi connectivity index (χ3n) is 4.28. The first-order chi connectivity index (χ1) is 9.63. The number of hydrogen-bond acceptors (Lipinski definition) is 3. The molecule has 3 nitrogen and oxygen atoms in total. The smallest absolute Gasteiger partial charge is 0.165 e. The second-order valence-corrected chi connectivity index (χ2v) is 6.23. The molecule has 2 N–H and O–H groups in total. The fourth-order valence-electron chi connectivity index (χ4n) is 2.70. The zero-order chi connectivity index (χ0) is 14.2. The van der Waals surface area contributed by atoms with Crippen LogP contribution in [0.5, 0.6) is 5.75 Å². The number of aliphatic hydroxyl groups is 1. The quantitative estimate of drug-likeness (QED) is 0.805. The van der Waals surface area contributed by atoms with Crippen molar-refractivity contribution in [3.05, 3.63) is 29.6 Å². The average Bonchev–Trinajstić information content (AvgIpc) is 3.30. The van der Waals surface area contributed by atoms with Crippen LogP contribution in [0, 0.1) is 18.7 Å². The average molecular weight is 279 g/mol. The fourth-order valence-corrected chi connectivity index (χ4v) is 2.70. The predicted molar refractivity (Wildman–Crippen MR) is 75.3 cm³/mol. The van der Waals surface area contributed by atoms with Crippen LogP contribution < -0.4 is 10.1 Å². The van der Waals surface area contributed by atoms with Gasteiger partial charge in [0, 0.05) is 6.04 Å². The summed E-state index contributed by atoms with van der Waals surface area (Å²) in [7, 11) is 0. The summed E-state index contributed by atoms with van der Waals surface area (Å²) in [4.78, 5) is 0. The van der Waals surface area contributed by atoms with Crippen LogP contribution in [-0.4, -0.2) is 29.9 Å². The molecule has 2 fully saturated rings. The van der Waals surface area contributed by atoms with Gasteiger partial charge >= 0.3 is 0 Å². The molecule has 1 unspecified atom stereocenters. The van der Waals surface area contributed by atoms with Gasteiger partial charge < -0.3 is 15.2 Å². The molecule has 4 heteroatoms. The Morgan fingerprint density at radius 2 is 2.10 bits per heavy atom. The Labute approximate surface area is 119 Å². The summed E-state index contributed by atoms with van der Waals surface area (Å²) in [5.41, 5.74) is 0.565. The van der Waals surface area contributed by atoms with Gasteiger partial charge in [0.2, 0.25) is 0 Å². The zero-order valence-electron chi connectivity index (χ0n) is 11.9. The second kappa shape index (κ2) is 5.34. The van der Waals surface area contributed by atoms with Gasteiger partial charge in [0.15, 0.2) is 11.6 Å². The largest absolute Gasteiger partial charge is 0.488 e. The first kappa shape index (κ1) is 13.8. The highest BCUT2D eigenvalue weighted by Gasteiger charge is 2.48. The highest BCUT2D eigenvalue weighted by molar-refractivity contribution is 5.29. The Hall–Kier alpha value is -1.13. The molecule has 0 aromatic heterocycles. The third kappa shape index (κ3) is 2.96. The molecule has 0 aliphatic heterocycles. The van der Waals surface area contributed by atoms with E-state index in [0.717, 1.165) is 31.2 Å². The maximum atomic E-state index is 13.7. The highest BCUT2D eigenvalue weighted by Crippen LogP contribution is 2.41. The normalized spacial score (nSPS) is 21.6. The van der Waals surface area contributed by atoms with Gasteiger partial charge in [-0.15, -0.1) is 0 Å². The SMILES string of the molecule is Cc1ccc(F)c(OCC(CO)(NC2CC2)C2CC2)c1. The molecular formula is C16H22FNO2. The summed E-state index contributed by atoms with van der Waals surface area (Å²) in [6.07, 6.45) is 4.54. The van der Waals surface area contributed by atoms with E-state index in [0.29, 0.717) is 18.6 Å². The van der Waals surface area contributed by atoms with Crippen LogP contribution >= 0.6 is 0 Å². The molecule has 1 aromatic rings. The van der Waals surface area contributed by atoms with Crippen molar-refractivity contribution < 1.29 is 14.2 Å². The van der Waals surface area contributed by atoms with Gasteiger partial charge in [-0.1, -0.05) is 6.07 Å². The molecule has 0 radical (unpaired) electrons. The van der Waals surface area contributed by atoms with Crippen LogP contribution in [0.15, 0.2) is 18.2 Å². The van der Waals surface area contributed by atoms with Gasteiger partial charge in [-0.05, 0) is 56.2 Å². The summed E-state index contributed by atoms with van der Waals surface area (Å²) in [6, 6.07) is 5.36. The Balaban J connectivity index is 1.71. The molecule has 2 aliphatic rings. The molecule has 0 heterocycles. The van der Waals surface area contributed by atoms with Gasteiger partial charge in [-0.3, -0.25) is 0 Å². The minimum Gasteiger partial charge on any atom is -0.488 e. The predicted octanol–water partition coefficient (Wildman–Crippen LogP) is 2.41. The topological polar surface area (TPSA) is 41.5 Å². The number of ether oxygens (including phenoxy) is 1. The molecule has 0 amide bonds. The number of benzene rings is 1. The second-order valence-electron chi connectivity index (χ2n) is 6.23. The van der Waals surface area contributed by atoms with Crippen LogP contribution in [0.2, 0.25) is 0 Å². The summed E-state index contributed by atoms with van der Waals surface area (Å²) >= 11 is 0. The minimum atomic E-state index is -0.405. The molecule has 1 aromatic carbocycles. The van der Waals surface area contributed by atoms with Crippen LogP contribution in [0.4, 0.5) is 4.39 Å². The van der Waals surface area contributed by atoms with Gasteiger partial charge in [0.05, 0.1) is 12.1 Å². The van der Waals surface area contributed by atoms with Crippen molar-refractivity contribution in [2.75, 3.05) is 13.2 Å². The maximum absolute atomic E-state index is 13.7. The van der Waals surface area contributed by atoms with Crippen LogP contribution in [-0.2, 0) is 0 Å². The van der Waals surface area contributed by atoms with Crippen molar-refractivity contribution in [3.63, 3.8) is 0 Å². The molecular weight excluding hydrogens is 257 g/mol. The first-order valence-electron chi connectivity index (χ1n) is 7.40. The van der Waals surface area contributed by atoms with E-state index in [-0.39, 0.29) is 18.2 Å². The monoisotopic (exact) mass is 279 g/mol. The molecule has 2 aliphatic carbocycles. The maximum Gasteiger partial charge on any atom is 0.165 e. The van der Waals surface area contributed by atoms with E-state index in [1.54, 1.807) is 12.1 Å². The summed E-state index contributed by atoms with van der Waals surface area (Å²) in [5, 5.41) is 13.4. The van der Waals surface area contributed by atoms with E-state index in [4.69, 9.17) is 4.74 Å². The van der Waals surface area contributed by atoms with Crippen molar-refractivity contribution in [1.82, 2.24) is 5.32 Å². The van der Waals surface area contributed by atoms with Gasteiger partial charge in [0.25, 0.3) is 0 Å². The van der Waals surface area contributed by atoms with E-state index in [1.165, 1.54) is 6.07 Å². The Morgan fingerprint density at radius 3 is 2.70 bits per heavy atom. The van der Waals surface area contributed by atoms with E-state index in [2.05, 4.69) is 5.32 Å². The number of aliphatic hydroxyl groups excluding tert-OH is 1. The lowest BCUT2D eigenvalue weighted by Gasteiger charge is -2.33. The van der Waals surface area contributed by atoms with Crippen molar-refractivity contribution in [2.45, 2.75) is 44.2 Å². The van der Waals surface area contributed by atoms with Gasteiger partial charge in [-0.25, -0.2) is 4.39 Å². The van der Waals surface area contributed by atoms with E-state index in [9.17, 15) is 9.50 Å². The van der Waals surface area contributed by atoms with Crippen LogP contribution in [0.25, 0.3) is 0 Å². The molecule has 20 heavy (non-hydrogen) atoms. The summed E-state index contributed by atoms with van der Waals surface area (Å²) < 4.78 is 19.4. The highest BCUT2D eigenvalue weighted by atomic mass is 19.1. The number of halogens is 1. The molecule has 0 saturated heterocycles. The van der Waals surface area contributed by atoms with E-state index >= 15 is 0 Å². The standard InChI is InChI=1S/C16H22FNO2/c1-11-2-7-14(17)15(8-11)20-10-16(9-19,12-3-4-12)18-13-5-6-13/h2,7-8,12-13,18-19H,3-6,9-10H2,1H3. The van der Waals surface area contributed by atoms with Gasteiger partial charge in [0.1, 0.15) is 6.61 Å². The molecule has 2 saturated carbocycles. The van der Waals surface area contributed by atoms with Crippen molar-refractivity contribution >= 4 is 0 Å². The fraction of sp³-hybridized carbons (Fsp3) is 0.625. The van der Waals surface area contributed by atoms with Crippen molar-refractivity contribution in [2.24, 2.45) is 5.92 Å². The number of nitrogens with one attached hydrogen (secondary N) is 1. The third-order valence-corrected chi connectivity index (χ3v) is 4.28. The first-order valence-corrected chi connectivity index (χ1v) is 7.40. The van der Waals surface area contributed by atoms with Gasteiger partial charge in [-0.2, -0.15) is 0 Å². The lowest BCUT2D eigenvalue weighted by molar-refractivity contribution is 0.0813. The molecule has 3 rings (SSSR count). The van der Waals surface area contributed by atoms with Crippen molar-refractivity contribution in [3.8, 4) is 5.75 Å². The number of hydrogen-bond donors (Lipinski definition) is 2. The summed E-state index contributed by atoms with van der Waals surface area (Å²) in [5.74, 6) is 0.381. The van der Waals surface area contributed by atoms with Crippen LogP contribution in [0.1, 0.15) is 31.2 Å². The Kier molecular flexibility index (Phi) is 3.69. The van der Waals surface area contributed by atoms with Crippen LogP contribution in [0.3, 0.4) is 0 Å². The van der Waals surface area contributed by atoms with E-state index in [1.807, 2.05) is 6.92 Å². The van der Waals surface area contributed by atoms with Crippen molar-refractivity contribution in [1.29, 1.82) is 0 Å². The molecule has 110 valence electrons. The summed E-state index contributed by atoms with van der Waals surface area (Å²) in [6.45, 7) is 2.28. The number of rotatable bonds is 7. The Bertz CT molecular complexity index is 485. The lowest BCUT2D eigenvalue weighted by Crippen LogP contribution is -2.56. The number of aryl methyl sites for hydroxylation is 1. The minimum absolute atomic E-state index is 0.0433.